The lowest BCUT2D eigenvalue weighted by atomic mass is 10.1. The molecule has 0 atom stereocenters. The molecule has 2 amide bonds. The maximum atomic E-state index is 12.4. The van der Waals surface area contributed by atoms with E-state index in [2.05, 4.69) is 20.7 Å². The number of benzene rings is 1. The minimum Gasteiger partial charge on any atom is -0.354 e. The molecule has 0 saturated carbocycles. The second-order valence-corrected chi connectivity index (χ2v) is 7.50. The van der Waals surface area contributed by atoms with Crippen molar-refractivity contribution >= 4 is 35.0 Å². The lowest BCUT2D eigenvalue weighted by Crippen LogP contribution is -2.35. The average molecular weight is 446 g/mol. The Morgan fingerprint density at radius 3 is 2.53 bits per heavy atom. The Balaban J connectivity index is 1.56. The molecule has 156 valence electrons. The smallest absolute Gasteiger partial charge is 0.252 e. The SMILES string of the molecule is Cc1nn(-c2ccc(Cl)c(Cl)c2)c(C)c1CC(=O)NCCNC(=O)c1cccnc1. The zero-order chi connectivity index (χ0) is 21.7. The Labute approximate surface area is 184 Å². The minimum absolute atomic E-state index is 0.148. The summed E-state index contributed by atoms with van der Waals surface area (Å²) in [5.74, 6) is -0.377. The third-order valence-electron chi connectivity index (χ3n) is 4.58. The summed E-state index contributed by atoms with van der Waals surface area (Å²) >= 11 is 12.1. The molecule has 7 nitrogen and oxygen atoms in total. The van der Waals surface area contributed by atoms with E-state index in [4.69, 9.17) is 23.2 Å². The third-order valence-corrected chi connectivity index (χ3v) is 5.32. The van der Waals surface area contributed by atoms with E-state index in [1.54, 1.807) is 35.1 Å². The number of carbonyl (C=O) groups excluding carboxylic acids is 2. The molecule has 9 heteroatoms. The quantitative estimate of drug-likeness (QED) is 0.546. The number of hydrogen-bond acceptors (Lipinski definition) is 4. The molecule has 0 aliphatic carbocycles. The van der Waals surface area contributed by atoms with Crippen LogP contribution in [0.3, 0.4) is 0 Å². The first kappa shape index (κ1) is 21.8. The number of rotatable bonds is 7. The van der Waals surface area contributed by atoms with Crippen LogP contribution in [-0.4, -0.2) is 39.7 Å². The summed E-state index contributed by atoms with van der Waals surface area (Å²) in [6.07, 6.45) is 3.28. The maximum absolute atomic E-state index is 12.4. The topological polar surface area (TPSA) is 88.9 Å². The highest BCUT2D eigenvalue weighted by Crippen LogP contribution is 2.26. The molecule has 2 N–H and O–H groups in total. The van der Waals surface area contributed by atoms with Crippen molar-refractivity contribution in [3.8, 4) is 5.69 Å². The molecule has 0 fully saturated rings. The minimum atomic E-state index is -0.230. The molecule has 2 aromatic heterocycles. The van der Waals surface area contributed by atoms with Gasteiger partial charge in [-0.15, -0.1) is 0 Å². The van der Waals surface area contributed by atoms with Gasteiger partial charge < -0.3 is 10.6 Å². The zero-order valence-electron chi connectivity index (χ0n) is 16.6. The number of amides is 2. The van der Waals surface area contributed by atoms with E-state index in [9.17, 15) is 9.59 Å². The number of nitrogens with one attached hydrogen (secondary N) is 2. The highest BCUT2D eigenvalue weighted by molar-refractivity contribution is 6.42. The number of nitrogens with zero attached hydrogens (tertiary/aromatic N) is 3. The monoisotopic (exact) mass is 445 g/mol. The molecule has 0 aliphatic rings. The molecule has 0 bridgehead atoms. The molecule has 0 radical (unpaired) electrons. The number of aryl methyl sites for hydroxylation is 1. The second kappa shape index (κ2) is 9.73. The molecule has 30 heavy (non-hydrogen) atoms. The first-order valence-corrected chi connectivity index (χ1v) is 10.1. The Kier molecular flexibility index (Phi) is 7.07. The highest BCUT2D eigenvalue weighted by atomic mass is 35.5. The van der Waals surface area contributed by atoms with Crippen molar-refractivity contribution in [2.24, 2.45) is 0 Å². The van der Waals surface area contributed by atoms with Gasteiger partial charge in [0, 0.05) is 36.7 Å². The molecular formula is C21H21Cl2N5O2. The van der Waals surface area contributed by atoms with Crippen molar-refractivity contribution < 1.29 is 9.59 Å². The van der Waals surface area contributed by atoms with Crippen molar-refractivity contribution in [2.75, 3.05) is 13.1 Å². The van der Waals surface area contributed by atoms with Crippen LogP contribution in [0.5, 0.6) is 0 Å². The number of pyridine rings is 1. The van der Waals surface area contributed by atoms with Gasteiger partial charge >= 0.3 is 0 Å². The van der Waals surface area contributed by atoms with Gasteiger partial charge in [0.05, 0.1) is 33.4 Å². The van der Waals surface area contributed by atoms with Crippen LogP contribution in [0, 0.1) is 13.8 Å². The van der Waals surface area contributed by atoms with Crippen molar-refractivity contribution in [1.29, 1.82) is 0 Å². The van der Waals surface area contributed by atoms with E-state index in [-0.39, 0.29) is 18.2 Å². The summed E-state index contributed by atoms with van der Waals surface area (Å²) in [5, 5.41) is 11.0. The lowest BCUT2D eigenvalue weighted by molar-refractivity contribution is -0.120. The van der Waals surface area contributed by atoms with E-state index in [0.717, 1.165) is 22.6 Å². The fourth-order valence-corrected chi connectivity index (χ4v) is 3.29. The van der Waals surface area contributed by atoms with Crippen molar-refractivity contribution in [1.82, 2.24) is 25.4 Å². The number of hydrogen-bond donors (Lipinski definition) is 2. The van der Waals surface area contributed by atoms with Crippen LogP contribution in [0.25, 0.3) is 5.69 Å². The molecule has 0 saturated heterocycles. The Hall–Kier alpha value is -2.90. The van der Waals surface area contributed by atoms with Crippen molar-refractivity contribution in [3.05, 3.63) is 75.3 Å². The van der Waals surface area contributed by atoms with Gasteiger partial charge in [-0.1, -0.05) is 23.2 Å². The van der Waals surface area contributed by atoms with Gasteiger partial charge in [0.25, 0.3) is 5.91 Å². The highest BCUT2D eigenvalue weighted by Gasteiger charge is 2.16. The van der Waals surface area contributed by atoms with Crippen molar-refractivity contribution in [2.45, 2.75) is 20.3 Å². The number of aromatic nitrogens is 3. The van der Waals surface area contributed by atoms with Gasteiger partial charge in [0.15, 0.2) is 0 Å². The summed E-state index contributed by atoms with van der Waals surface area (Å²) in [6, 6.07) is 8.64. The first-order valence-electron chi connectivity index (χ1n) is 9.32. The summed E-state index contributed by atoms with van der Waals surface area (Å²) < 4.78 is 1.74. The lowest BCUT2D eigenvalue weighted by Gasteiger charge is -2.08. The van der Waals surface area contributed by atoms with Crippen LogP contribution in [0.15, 0.2) is 42.7 Å². The third kappa shape index (κ3) is 5.17. The maximum Gasteiger partial charge on any atom is 0.252 e. The van der Waals surface area contributed by atoms with Gasteiger partial charge in [-0.3, -0.25) is 14.6 Å². The van der Waals surface area contributed by atoms with Crippen LogP contribution in [0.1, 0.15) is 27.3 Å². The molecule has 1 aromatic carbocycles. The van der Waals surface area contributed by atoms with E-state index in [1.165, 1.54) is 6.20 Å². The summed E-state index contributed by atoms with van der Waals surface area (Å²) in [7, 11) is 0. The Morgan fingerprint density at radius 2 is 1.83 bits per heavy atom. The van der Waals surface area contributed by atoms with Gasteiger partial charge in [-0.05, 0) is 44.2 Å². The van der Waals surface area contributed by atoms with Crippen LogP contribution in [-0.2, 0) is 11.2 Å². The van der Waals surface area contributed by atoms with Crippen LogP contribution in [0.2, 0.25) is 10.0 Å². The van der Waals surface area contributed by atoms with E-state index < -0.39 is 0 Å². The van der Waals surface area contributed by atoms with Gasteiger partial charge in [0.1, 0.15) is 0 Å². The van der Waals surface area contributed by atoms with Crippen molar-refractivity contribution in [3.63, 3.8) is 0 Å². The van der Waals surface area contributed by atoms with Gasteiger partial charge in [-0.2, -0.15) is 5.10 Å². The van der Waals surface area contributed by atoms with Crippen LogP contribution < -0.4 is 10.6 Å². The number of halogens is 2. The molecule has 2 heterocycles. The molecular weight excluding hydrogens is 425 g/mol. The second-order valence-electron chi connectivity index (χ2n) is 6.68. The summed E-state index contributed by atoms with van der Waals surface area (Å²) in [4.78, 5) is 28.2. The largest absolute Gasteiger partial charge is 0.354 e. The zero-order valence-corrected chi connectivity index (χ0v) is 18.1. The average Bonchev–Trinajstić information content (AvgIpc) is 3.02. The number of carbonyl (C=O) groups is 2. The molecule has 0 unspecified atom stereocenters. The molecule has 0 spiro atoms. The fourth-order valence-electron chi connectivity index (χ4n) is 3.00. The van der Waals surface area contributed by atoms with Gasteiger partial charge in [-0.25, -0.2) is 4.68 Å². The predicted molar refractivity (Wildman–Crippen MR) is 116 cm³/mol. The Morgan fingerprint density at radius 1 is 1.07 bits per heavy atom. The van der Waals surface area contributed by atoms with E-state index >= 15 is 0 Å². The fraction of sp³-hybridized carbons (Fsp3) is 0.238. The normalized spacial score (nSPS) is 10.7. The standard InChI is InChI=1S/C21H21Cl2N5O2/c1-13-17(14(2)28(27-13)16-5-6-18(22)19(23)10-16)11-20(29)25-8-9-26-21(30)15-4-3-7-24-12-15/h3-7,10,12H,8-9,11H2,1-2H3,(H,25,29)(H,26,30). The summed E-state index contributed by atoms with van der Waals surface area (Å²) in [5.41, 5.74) is 3.71. The van der Waals surface area contributed by atoms with E-state index in [0.29, 0.717) is 28.7 Å². The van der Waals surface area contributed by atoms with E-state index in [1.807, 2.05) is 19.9 Å². The molecule has 0 aliphatic heterocycles. The van der Waals surface area contributed by atoms with Gasteiger partial charge in [0.2, 0.25) is 5.91 Å². The Bertz CT molecular complexity index is 1070. The summed E-state index contributed by atoms with van der Waals surface area (Å²) in [6.45, 7) is 4.40. The van der Waals surface area contributed by atoms with Crippen LogP contribution in [0.4, 0.5) is 0 Å². The molecule has 3 aromatic rings. The van der Waals surface area contributed by atoms with Crippen LogP contribution >= 0.6 is 23.2 Å². The first-order chi connectivity index (χ1) is 14.4. The molecule has 3 rings (SSSR count). The predicted octanol–water partition coefficient (Wildman–Crippen LogP) is 3.28.